The van der Waals surface area contributed by atoms with Crippen LogP contribution in [0.5, 0.6) is 0 Å². The van der Waals surface area contributed by atoms with Crippen LogP contribution in [0.2, 0.25) is 0 Å². The smallest absolute Gasteiger partial charge is 0.134 e. The molecule has 3 rings (SSSR count). The van der Waals surface area contributed by atoms with Gasteiger partial charge >= 0.3 is 0 Å². The number of para-hydroxylation sites is 1. The van der Waals surface area contributed by atoms with Gasteiger partial charge in [0.15, 0.2) is 0 Å². The second kappa shape index (κ2) is 5.65. The summed E-state index contributed by atoms with van der Waals surface area (Å²) in [7, 11) is 0. The standard InChI is InChI=1S/C19H21NO/c1-13(2)15-8-10-16(11-9-15)20-12-18-14(3)21-19-7-5-4-6-17(18)19/h4-11,13,20H,12H2,1-3H3. The molecule has 0 saturated heterocycles. The van der Waals surface area contributed by atoms with E-state index in [0.29, 0.717) is 5.92 Å². The number of benzene rings is 2. The zero-order chi connectivity index (χ0) is 14.8. The van der Waals surface area contributed by atoms with Crippen molar-refractivity contribution in [3.63, 3.8) is 0 Å². The third-order valence-electron chi connectivity index (χ3n) is 3.95. The van der Waals surface area contributed by atoms with Gasteiger partial charge in [-0.15, -0.1) is 0 Å². The molecular weight excluding hydrogens is 258 g/mol. The zero-order valence-electron chi connectivity index (χ0n) is 12.8. The highest BCUT2D eigenvalue weighted by Gasteiger charge is 2.09. The molecule has 0 amide bonds. The molecule has 0 aliphatic heterocycles. The molecule has 0 spiro atoms. The average molecular weight is 279 g/mol. The Bertz CT molecular complexity index is 738. The molecule has 1 aromatic heterocycles. The summed E-state index contributed by atoms with van der Waals surface area (Å²) in [5.41, 5.74) is 4.70. The zero-order valence-corrected chi connectivity index (χ0v) is 12.8. The maximum atomic E-state index is 5.80. The van der Waals surface area contributed by atoms with Crippen LogP contribution in [0.3, 0.4) is 0 Å². The Hall–Kier alpha value is -2.22. The van der Waals surface area contributed by atoms with Gasteiger partial charge in [0.05, 0.1) is 0 Å². The molecule has 0 aliphatic rings. The summed E-state index contributed by atoms with van der Waals surface area (Å²) >= 11 is 0. The molecule has 0 saturated carbocycles. The van der Waals surface area contributed by atoms with Gasteiger partial charge in [-0.05, 0) is 36.6 Å². The largest absolute Gasteiger partial charge is 0.461 e. The summed E-state index contributed by atoms with van der Waals surface area (Å²) in [6.07, 6.45) is 0. The number of hydrogen-bond donors (Lipinski definition) is 1. The molecule has 0 radical (unpaired) electrons. The SMILES string of the molecule is Cc1oc2ccccc2c1CNc1ccc(C(C)C)cc1. The predicted molar refractivity (Wildman–Crippen MR) is 88.8 cm³/mol. The number of rotatable bonds is 4. The first-order chi connectivity index (χ1) is 10.1. The van der Waals surface area contributed by atoms with E-state index in [9.17, 15) is 0 Å². The topological polar surface area (TPSA) is 25.2 Å². The van der Waals surface area contributed by atoms with E-state index in [1.165, 1.54) is 16.5 Å². The summed E-state index contributed by atoms with van der Waals surface area (Å²) in [6, 6.07) is 16.9. The molecule has 2 aromatic carbocycles. The average Bonchev–Trinajstić information content (AvgIpc) is 2.81. The van der Waals surface area contributed by atoms with E-state index >= 15 is 0 Å². The van der Waals surface area contributed by atoms with Gasteiger partial charge in [-0.2, -0.15) is 0 Å². The van der Waals surface area contributed by atoms with E-state index in [2.05, 4.69) is 55.6 Å². The maximum Gasteiger partial charge on any atom is 0.134 e. The molecule has 0 atom stereocenters. The number of hydrogen-bond acceptors (Lipinski definition) is 2. The Kier molecular flexibility index (Phi) is 3.70. The van der Waals surface area contributed by atoms with Gasteiger partial charge in [0, 0.05) is 23.2 Å². The molecule has 3 aromatic rings. The van der Waals surface area contributed by atoms with Gasteiger partial charge in [-0.3, -0.25) is 0 Å². The molecular formula is C19H21NO. The second-order valence-electron chi connectivity index (χ2n) is 5.76. The Labute approximate surface area is 125 Å². The van der Waals surface area contributed by atoms with Crippen LogP contribution in [0.4, 0.5) is 5.69 Å². The Morgan fingerprint density at radius 3 is 2.43 bits per heavy atom. The van der Waals surface area contributed by atoms with Crippen molar-refractivity contribution in [1.29, 1.82) is 0 Å². The quantitative estimate of drug-likeness (QED) is 0.684. The fourth-order valence-corrected chi connectivity index (χ4v) is 2.62. The van der Waals surface area contributed by atoms with Crippen molar-refractivity contribution in [2.45, 2.75) is 33.2 Å². The van der Waals surface area contributed by atoms with E-state index in [4.69, 9.17) is 4.42 Å². The molecule has 0 fully saturated rings. The summed E-state index contributed by atoms with van der Waals surface area (Å²) < 4.78 is 5.80. The van der Waals surface area contributed by atoms with Crippen LogP contribution in [0.15, 0.2) is 52.9 Å². The van der Waals surface area contributed by atoms with Crippen LogP contribution in [0.1, 0.15) is 36.7 Å². The van der Waals surface area contributed by atoms with Gasteiger partial charge in [-0.25, -0.2) is 0 Å². The Balaban J connectivity index is 1.78. The van der Waals surface area contributed by atoms with Gasteiger partial charge in [0.2, 0.25) is 0 Å². The monoisotopic (exact) mass is 279 g/mol. The van der Waals surface area contributed by atoms with Crippen molar-refractivity contribution >= 4 is 16.7 Å². The molecule has 1 N–H and O–H groups in total. The fourth-order valence-electron chi connectivity index (χ4n) is 2.62. The van der Waals surface area contributed by atoms with Gasteiger partial charge < -0.3 is 9.73 Å². The van der Waals surface area contributed by atoms with E-state index in [1.807, 2.05) is 19.1 Å². The van der Waals surface area contributed by atoms with E-state index in [-0.39, 0.29) is 0 Å². The van der Waals surface area contributed by atoms with Crippen LogP contribution in [0, 0.1) is 6.92 Å². The first-order valence-electron chi connectivity index (χ1n) is 7.46. The Morgan fingerprint density at radius 1 is 1.00 bits per heavy atom. The molecule has 0 bridgehead atoms. The van der Waals surface area contributed by atoms with Crippen molar-refractivity contribution in [2.24, 2.45) is 0 Å². The number of nitrogens with one attached hydrogen (secondary N) is 1. The molecule has 0 aliphatic carbocycles. The van der Waals surface area contributed by atoms with Crippen molar-refractivity contribution in [2.75, 3.05) is 5.32 Å². The van der Waals surface area contributed by atoms with Gasteiger partial charge in [0.1, 0.15) is 11.3 Å². The predicted octanol–water partition coefficient (Wildman–Crippen LogP) is 5.48. The first-order valence-corrected chi connectivity index (χ1v) is 7.46. The molecule has 21 heavy (non-hydrogen) atoms. The summed E-state index contributed by atoms with van der Waals surface area (Å²) in [5.74, 6) is 1.56. The van der Waals surface area contributed by atoms with E-state index in [0.717, 1.165) is 23.6 Å². The van der Waals surface area contributed by atoms with Gasteiger partial charge in [0.25, 0.3) is 0 Å². The minimum Gasteiger partial charge on any atom is -0.461 e. The molecule has 2 heteroatoms. The van der Waals surface area contributed by atoms with Crippen molar-refractivity contribution < 1.29 is 4.42 Å². The van der Waals surface area contributed by atoms with Crippen molar-refractivity contribution in [3.05, 3.63) is 65.4 Å². The highest BCUT2D eigenvalue weighted by atomic mass is 16.3. The second-order valence-corrected chi connectivity index (χ2v) is 5.76. The van der Waals surface area contributed by atoms with Crippen molar-refractivity contribution in [3.8, 4) is 0 Å². The molecule has 0 unspecified atom stereocenters. The fraction of sp³-hybridized carbons (Fsp3) is 0.263. The maximum absolute atomic E-state index is 5.80. The lowest BCUT2D eigenvalue weighted by Crippen LogP contribution is -2.00. The highest BCUT2D eigenvalue weighted by molar-refractivity contribution is 5.82. The lowest BCUT2D eigenvalue weighted by molar-refractivity contribution is 0.573. The van der Waals surface area contributed by atoms with Crippen LogP contribution < -0.4 is 5.32 Å². The van der Waals surface area contributed by atoms with Gasteiger partial charge in [-0.1, -0.05) is 44.2 Å². The summed E-state index contributed by atoms with van der Waals surface area (Å²) in [5, 5.41) is 4.68. The van der Waals surface area contributed by atoms with Crippen LogP contribution in [0.25, 0.3) is 11.0 Å². The van der Waals surface area contributed by atoms with Crippen LogP contribution in [-0.2, 0) is 6.54 Å². The summed E-state index contributed by atoms with van der Waals surface area (Å²) in [4.78, 5) is 0. The molecule has 2 nitrogen and oxygen atoms in total. The molecule has 108 valence electrons. The molecule has 1 heterocycles. The number of aryl methyl sites for hydroxylation is 1. The third kappa shape index (κ3) is 2.80. The number of fused-ring (bicyclic) bond motifs is 1. The lowest BCUT2D eigenvalue weighted by Gasteiger charge is -2.09. The number of furan rings is 1. The minimum atomic E-state index is 0.569. The van der Waals surface area contributed by atoms with E-state index in [1.54, 1.807) is 0 Å². The first kappa shape index (κ1) is 13.7. The number of anilines is 1. The normalized spacial score (nSPS) is 11.2. The van der Waals surface area contributed by atoms with Crippen LogP contribution >= 0.6 is 0 Å². The van der Waals surface area contributed by atoms with Crippen molar-refractivity contribution in [1.82, 2.24) is 0 Å². The summed E-state index contributed by atoms with van der Waals surface area (Å²) in [6.45, 7) is 7.23. The minimum absolute atomic E-state index is 0.569. The van der Waals surface area contributed by atoms with Crippen LogP contribution in [-0.4, -0.2) is 0 Å². The van der Waals surface area contributed by atoms with E-state index < -0.39 is 0 Å². The Morgan fingerprint density at radius 2 is 1.71 bits per heavy atom. The lowest BCUT2D eigenvalue weighted by atomic mass is 10.0. The third-order valence-corrected chi connectivity index (χ3v) is 3.95. The highest BCUT2D eigenvalue weighted by Crippen LogP contribution is 2.26.